The van der Waals surface area contributed by atoms with Crippen LogP contribution in [0.25, 0.3) is 5.69 Å². The molecule has 0 radical (unpaired) electrons. The van der Waals surface area contributed by atoms with Crippen molar-refractivity contribution in [3.8, 4) is 5.69 Å². The molecule has 2 N–H and O–H groups in total. The lowest BCUT2D eigenvalue weighted by Crippen LogP contribution is -2.00. The van der Waals surface area contributed by atoms with Crippen molar-refractivity contribution in [2.24, 2.45) is 0 Å². The lowest BCUT2D eigenvalue weighted by molar-refractivity contribution is 0.798. The van der Waals surface area contributed by atoms with Gasteiger partial charge in [-0.05, 0) is 55.5 Å². The third-order valence-corrected chi connectivity index (χ3v) is 4.11. The monoisotopic (exact) mass is 356 g/mol. The van der Waals surface area contributed by atoms with E-state index in [1.807, 2.05) is 79.9 Å². The van der Waals surface area contributed by atoms with E-state index in [1.165, 1.54) is 0 Å². The van der Waals surface area contributed by atoms with Crippen LogP contribution in [0.2, 0.25) is 0 Å². The number of aromatic nitrogens is 4. The van der Waals surface area contributed by atoms with Crippen LogP contribution in [0.15, 0.2) is 79.1 Å². The summed E-state index contributed by atoms with van der Waals surface area (Å²) in [6.45, 7) is 2.58. The molecule has 0 fully saturated rings. The number of benzene rings is 2. The van der Waals surface area contributed by atoms with Crippen molar-refractivity contribution in [2.45, 2.75) is 13.5 Å². The SMILES string of the molecule is Cc1cc(NCc2cn(-c3ccc(Nc4ccccc4)cc3)nn2)ccn1. The number of nitrogens with one attached hydrogen (secondary N) is 2. The predicted octanol–water partition coefficient (Wildman–Crippen LogP) is 4.33. The molecule has 4 aromatic rings. The summed E-state index contributed by atoms with van der Waals surface area (Å²) >= 11 is 0. The van der Waals surface area contributed by atoms with Gasteiger partial charge in [-0.15, -0.1) is 5.10 Å². The van der Waals surface area contributed by atoms with E-state index >= 15 is 0 Å². The standard InChI is InChI=1S/C21H20N6/c1-16-13-19(11-12-22-16)23-14-20-15-27(26-25-20)21-9-7-18(8-10-21)24-17-5-3-2-4-6-17/h2-13,15,24H,14H2,1H3,(H,22,23). The molecule has 134 valence electrons. The highest BCUT2D eigenvalue weighted by Gasteiger charge is 2.04. The highest BCUT2D eigenvalue weighted by Crippen LogP contribution is 2.18. The third-order valence-electron chi connectivity index (χ3n) is 4.11. The number of nitrogens with zero attached hydrogens (tertiary/aromatic N) is 4. The largest absolute Gasteiger partial charge is 0.379 e. The fourth-order valence-electron chi connectivity index (χ4n) is 2.74. The first kappa shape index (κ1) is 16.8. The Kier molecular flexibility index (Phi) is 4.78. The summed E-state index contributed by atoms with van der Waals surface area (Å²) < 4.78 is 1.78. The average Bonchev–Trinajstić information content (AvgIpc) is 3.17. The lowest BCUT2D eigenvalue weighted by Gasteiger charge is -2.07. The Morgan fingerprint density at radius 1 is 0.889 bits per heavy atom. The Bertz CT molecular complexity index is 1010. The quantitative estimate of drug-likeness (QED) is 0.538. The zero-order valence-corrected chi connectivity index (χ0v) is 15.0. The van der Waals surface area contributed by atoms with Gasteiger partial charge in [-0.2, -0.15) is 0 Å². The van der Waals surface area contributed by atoms with Crippen LogP contribution in [0.3, 0.4) is 0 Å². The van der Waals surface area contributed by atoms with E-state index in [1.54, 1.807) is 10.9 Å². The van der Waals surface area contributed by atoms with Crippen LogP contribution in [-0.2, 0) is 6.54 Å². The molecule has 0 atom stereocenters. The van der Waals surface area contributed by atoms with Crippen LogP contribution < -0.4 is 10.6 Å². The van der Waals surface area contributed by atoms with E-state index in [9.17, 15) is 0 Å². The van der Waals surface area contributed by atoms with Crippen molar-refractivity contribution < 1.29 is 0 Å². The highest BCUT2D eigenvalue weighted by molar-refractivity contribution is 5.60. The molecule has 4 rings (SSSR count). The number of rotatable bonds is 6. The highest BCUT2D eigenvalue weighted by atomic mass is 15.4. The lowest BCUT2D eigenvalue weighted by atomic mass is 10.2. The van der Waals surface area contributed by atoms with Gasteiger partial charge in [0.15, 0.2) is 0 Å². The minimum absolute atomic E-state index is 0.608. The Morgan fingerprint density at radius 3 is 2.44 bits per heavy atom. The van der Waals surface area contributed by atoms with E-state index in [0.717, 1.165) is 34.1 Å². The van der Waals surface area contributed by atoms with E-state index in [-0.39, 0.29) is 0 Å². The van der Waals surface area contributed by atoms with Crippen molar-refractivity contribution in [3.63, 3.8) is 0 Å². The van der Waals surface area contributed by atoms with E-state index < -0.39 is 0 Å². The predicted molar refractivity (Wildman–Crippen MR) is 107 cm³/mol. The Morgan fingerprint density at radius 2 is 1.67 bits per heavy atom. The Balaban J connectivity index is 1.40. The zero-order chi connectivity index (χ0) is 18.5. The van der Waals surface area contributed by atoms with Crippen molar-refractivity contribution in [1.29, 1.82) is 0 Å². The summed E-state index contributed by atoms with van der Waals surface area (Å²) in [6.07, 6.45) is 3.72. The third kappa shape index (κ3) is 4.30. The van der Waals surface area contributed by atoms with Crippen LogP contribution in [0.1, 0.15) is 11.4 Å². The summed E-state index contributed by atoms with van der Waals surface area (Å²) in [5.74, 6) is 0. The number of pyridine rings is 1. The van der Waals surface area contributed by atoms with Crippen LogP contribution in [0.5, 0.6) is 0 Å². The van der Waals surface area contributed by atoms with Crippen LogP contribution in [0.4, 0.5) is 17.1 Å². The Hall–Kier alpha value is -3.67. The molecule has 0 bridgehead atoms. The molecule has 6 heteroatoms. The second kappa shape index (κ2) is 7.70. The maximum absolute atomic E-state index is 4.24. The zero-order valence-electron chi connectivity index (χ0n) is 15.0. The molecule has 27 heavy (non-hydrogen) atoms. The summed E-state index contributed by atoms with van der Waals surface area (Å²) in [6, 6.07) is 22.1. The fourth-order valence-corrected chi connectivity index (χ4v) is 2.74. The van der Waals surface area contributed by atoms with Gasteiger partial charge in [0.1, 0.15) is 5.69 Å². The van der Waals surface area contributed by atoms with Gasteiger partial charge in [0.05, 0.1) is 18.4 Å². The van der Waals surface area contributed by atoms with Gasteiger partial charge in [-0.3, -0.25) is 4.98 Å². The van der Waals surface area contributed by atoms with Gasteiger partial charge in [0, 0.05) is 29.0 Å². The summed E-state index contributed by atoms with van der Waals surface area (Å²) in [5.41, 5.74) is 5.93. The second-order valence-electron chi connectivity index (χ2n) is 6.23. The molecular formula is C21H20N6. The Labute approximate surface area is 157 Å². The van der Waals surface area contributed by atoms with Gasteiger partial charge in [0.25, 0.3) is 0 Å². The van der Waals surface area contributed by atoms with E-state index in [4.69, 9.17) is 0 Å². The van der Waals surface area contributed by atoms with Crippen LogP contribution in [0, 0.1) is 6.92 Å². The fraction of sp³-hybridized carbons (Fsp3) is 0.0952. The van der Waals surface area contributed by atoms with Crippen molar-refractivity contribution in [1.82, 2.24) is 20.0 Å². The minimum Gasteiger partial charge on any atom is -0.379 e. The molecule has 0 unspecified atom stereocenters. The maximum Gasteiger partial charge on any atom is 0.102 e. The molecule has 2 aromatic heterocycles. The molecule has 0 spiro atoms. The maximum atomic E-state index is 4.24. The molecule has 6 nitrogen and oxygen atoms in total. The molecule has 2 aromatic carbocycles. The minimum atomic E-state index is 0.608. The molecule has 2 heterocycles. The second-order valence-corrected chi connectivity index (χ2v) is 6.23. The van der Waals surface area contributed by atoms with E-state index in [2.05, 4.69) is 25.9 Å². The molecule has 0 amide bonds. The van der Waals surface area contributed by atoms with Gasteiger partial charge < -0.3 is 10.6 Å². The van der Waals surface area contributed by atoms with Gasteiger partial charge in [-0.25, -0.2) is 4.68 Å². The average molecular weight is 356 g/mol. The summed E-state index contributed by atoms with van der Waals surface area (Å²) in [7, 11) is 0. The first-order valence-electron chi connectivity index (χ1n) is 8.76. The summed E-state index contributed by atoms with van der Waals surface area (Å²) in [5, 5.41) is 15.2. The molecule has 0 aliphatic carbocycles. The van der Waals surface area contributed by atoms with Crippen LogP contribution in [-0.4, -0.2) is 20.0 Å². The molecule has 0 saturated heterocycles. The van der Waals surface area contributed by atoms with Gasteiger partial charge in [0.2, 0.25) is 0 Å². The van der Waals surface area contributed by atoms with Crippen molar-refractivity contribution in [3.05, 3.63) is 90.5 Å². The first-order valence-corrected chi connectivity index (χ1v) is 8.76. The number of anilines is 3. The molecular weight excluding hydrogens is 336 g/mol. The molecule has 0 aliphatic heterocycles. The number of hydrogen-bond donors (Lipinski definition) is 2. The van der Waals surface area contributed by atoms with Gasteiger partial charge >= 0.3 is 0 Å². The van der Waals surface area contributed by atoms with Crippen molar-refractivity contribution >= 4 is 17.1 Å². The number of para-hydroxylation sites is 1. The van der Waals surface area contributed by atoms with Crippen LogP contribution >= 0.6 is 0 Å². The first-order chi connectivity index (χ1) is 13.3. The van der Waals surface area contributed by atoms with E-state index in [0.29, 0.717) is 6.54 Å². The number of hydrogen-bond acceptors (Lipinski definition) is 5. The summed E-state index contributed by atoms with van der Waals surface area (Å²) in [4.78, 5) is 4.19. The molecule has 0 saturated carbocycles. The molecule has 0 aliphatic rings. The smallest absolute Gasteiger partial charge is 0.102 e. The topological polar surface area (TPSA) is 67.7 Å². The number of aryl methyl sites for hydroxylation is 1. The van der Waals surface area contributed by atoms with Gasteiger partial charge in [-0.1, -0.05) is 23.4 Å². The normalized spacial score (nSPS) is 10.6. The van der Waals surface area contributed by atoms with Crippen molar-refractivity contribution in [2.75, 3.05) is 10.6 Å².